The third-order valence-corrected chi connectivity index (χ3v) is 3.02. The number of hydrogen-bond donors (Lipinski definition) is 3. The molecule has 2 aromatic rings. The van der Waals surface area contributed by atoms with Gasteiger partial charge in [-0.1, -0.05) is 0 Å². The first kappa shape index (κ1) is 10.4. The molecule has 2 aromatic heterocycles. The van der Waals surface area contributed by atoms with E-state index in [-0.39, 0.29) is 10.7 Å². The van der Waals surface area contributed by atoms with E-state index in [9.17, 15) is 13.2 Å². The first-order valence-corrected chi connectivity index (χ1v) is 5.63. The molecule has 0 bridgehead atoms. The summed E-state index contributed by atoms with van der Waals surface area (Å²) in [6.07, 6.45) is 2.39. The van der Waals surface area contributed by atoms with E-state index in [4.69, 9.17) is 0 Å². The van der Waals surface area contributed by atoms with Crippen molar-refractivity contribution in [3.8, 4) is 0 Å². The summed E-state index contributed by atoms with van der Waals surface area (Å²) in [7, 11) is -3.71. The zero-order valence-electron chi connectivity index (χ0n) is 7.84. The highest BCUT2D eigenvalue weighted by atomic mass is 32.2. The van der Waals surface area contributed by atoms with E-state index in [1.165, 1.54) is 18.3 Å². The summed E-state index contributed by atoms with van der Waals surface area (Å²) in [6.45, 7) is 0. The molecule has 0 saturated carbocycles. The molecule has 0 spiro atoms. The van der Waals surface area contributed by atoms with E-state index in [2.05, 4.69) is 25.1 Å². The van der Waals surface area contributed by atoms with Crippen LogP contribution in [0, 0.1) is 0 Å². The number of sulfonamides is 1. The van der Waals surface area contributed by atoms with Gasteiger partial charge in [-0.05, 0) is 6.07 Å². The zero-order chi connectivity index (χ0) is 11.6. The molecule has 0 amide bonds. The molecule has 0 fully saturated rings. The Labute approximate surface area is 89.8 Å². The molecule has 0 aliphatic carbocycles. The van der Waals surface area contributed by atoms with Crippen LogP contribution in [0.4, 0.5) is 5.82 Å². The van der Waals surface area contributed by atoms with Gasteiger partial charge in [-0.15, -0.1) is 0 Å². The predicted molar refractivity (Wildman–Crippen MR) is 54.3 cm³/mol. The molecule has 9 heteroatoms. The summed E-state index contributed by atoms with van der Waals surface area (Å²) in [5.74, 6) is 0.0285. The third kappa shape index (κ3) is 2.08. The summed E-state index contributed by atoms with van der Waals surface area (Å²) in [6, 6.07) is 2.43. The number of rotatable bonds is 3. The van der Waals surface area contributed by atoms with E-state index in [0.29, 0.717) is 0 Å². The van der Waals surface area contributed by atoms with E-state index in [0.717, 1.165) is 6.20 Å². The number of aromatic amines is 2. The molecule has 0 aliphatic heterocycles. The van der Waals surface area contributed by atoms with Crippen molar-refractivity contribution < 1.29 is 8.42 Å². The van der Waals surface area contributed by atoms with Crippen LogP contribution in [-0.4, -0.2) is 28.8 Å². The minimum absolute atomic E-state index is 0.0134. The van der Waals surface area contributed by atoms with Crippen LogP contribution >= 0.6 is 0 Å². The van der Waals surface area contributed by atoms with Crippen molar-refractivity contribution in [1.29, 1.82) is 0 Å². The van der Waals surface area contributed by atoms with E-state index < -0.39 is 15.6 Å². The fourth-order valence-corrected chi connectivity index (χ4v) is 1.89. The van der Waals surface area contributed by atoms with E-state index >= 15 is 0 Å². The Morgan fingerprint density at radius 2 is 2.12 bits per heavy atom. The first-order valence-electron chi connectivity index (χ1n) is 4.15. The van der Waals surface area contributed by atoms with Crippen molar-refractivity contribution >= 4 is 15.8 Å². The van der Waals surface area contributed by atoms with Crippen LogP contribution in [0.15, 0.2) is 34.2 Å². The number of hydrogen-bond acceptors (Lipinski definition) is 5. The molecule has 0 atom stereocenters. The minimum atomic E-state index is -3.71. The van der Waals surface area contributed by atoms with Gasteiger partial charge in [-0.2, -0.15) is 10.2 Å². The van der Waals surface area contributed by atoms with Crippen LogP contribution in [0.5, 0.6) is 0 Å². The number of aromatic nitrogens is 4. The predicted octanol–water partition coefficient (Wildman–Crippen LogP) is -0.706. The lowest BCUT2D eigenvalue weighted by Gasteiger charge is -2.03. The van der Waals surface area contributed by atoms with Gasteiger partial charge in [-0.3, -0.25) is 14.6 Å². The van der Waals surface area contributed by atoms with Gasteiger partial charge in [0.1, 0.15) is 4.90 Å². The van der Waals surface area contributed by atoms with Crippen molar-refractivity contribution in [2.75, 3.05) is 4.72 Å². The van der Waals surface area contributed by atoms with Gasteiger partial charge in [0.05, 0.1) is 6.20 Å². The quantitative estimate of drug-likeness (QED) is 0.655. The first-order chi connectivity index (χ1) is 7.58. The van der Waals surface area contributed by atoms with Crippen molar-refractivity contribution in [3.05, 3.63) is 34.9 Å². The molecule has 3 N–H and O–H groups in total. The maximum absolute atomic E-state index is 11.6. The van der Waals surface area contributed by atoms with Crippen LogP contribution in [-0.2, 0) is 10.0 Å². The third-order valence-electron chi connectivity index (χ3n) is 1.70. The van der Waals surface area contributed by atoms with Crippen molar-refractivity contribution in [2.24, 2.45) is 0 Å². The number of nitrogens with zero attached hydrogens (tertiary/aromatic N) is 2. The maximum atomic E-state index is 11.6. The van der Waals surface area contributed by atoms with Gasteiger partial charge in [0.2, 0.25) is 0 Å². The Balaban J connectivity index is 2.28. The zero-order valence-corrected chi connectivity index (χ0v) is 8.65. The fraction of sp³-hybridized carbons (Fsp3) is 0. The lowest BCUT2D eigenvalue weighted by Crippen LogP contribution is -2.15. The number of nitrogens with one attached hydrogen (secondary N) is 3. The molecule has 2 heterocycles. The average molecular weight is 241 g/mol. The van der Waals surface area contributed by atoms with Gasteiger partial charge in [0.25, 0.3) is 15.6 Å². The molecule has 16 heavy (non-hydrogen) atoms. The summed E-state index contributed by atoms with van der Waals surface area (Å²) in [4.78, 5) is 10.7. The minimum Gasteiger partial charge on any atom is -0.284 e. The largest absolute Gasteiger partial charge is 0.284 e. The van der Waals surface area contributed by atoms with Crippen LogP contribution < -0.4 is 10.3 Å². The van der Waals surface area contributed by atoms with Crippen LogP contribution in [0.1, 0.15) is 0 Å². The molecule has 0 radical (unpaired) electrons. The molecule has 84 valence electrons. The van der Waals surface area contributed by atoms with Crippen molar-refractivity contribution in [2.45, 2.75) is 4.90 Å². The molecule has 0 saturated heterocycles. The van der Waals surface area contributed by atoms with Gasteiger partial charge in [0, 0.05) is 12.3 Å². The summed E-state index contributed by atoms with van der Waals surface area (Å²) in [5.41, 5.74) is -0.411. The van der Waals surface area contributed by atoms with Crippen LogP contribution in [0.3, 0.4) is 0 Å². The van der Waals surface area contributed by atoms with Gasteiger partial charge in [-0.25, -0.2) is 13.5 Å². The van der Waals surface area contributed by atoms with Gasteiger partial charge in [0.15, 0.2) is 5.82 Å². The molecular formula is C7H7N5O3S. The average Bonchev–Trinajstić information content (AvgIpc) is 2.75. The molecule has 8 nitrogen and oxygen atoms in total. The van der Waals surface area contributed by atoms with Gasteiger partial charge >= 0.3 is 0 Å². The molecule has 0 unspecified atom stereocenters. The van der Waals surface area contributed by atoms with Crippen LogP contribution in [0.25, 0.3) is 0 Å². The summed E-state index contributed by atoms with van der Waals surface area (Å²) >= 11 is 0. The SMILES string of the molecule is O=c1ccc(NS(=O)(=O)c2cn[nH]c2)n[nH]1. The Morgan fingerprint density at radius 1 is 1.31 bits per heavy atom. The molecule has 0 aliphatic rings. The fourth-order valence-electron chi connectivity index (χ4n) is 0.984. The van der Waals surface area contributed by atoms with Gasteiger partial charge < -0.3 is 0 Å². The summed E-state index contributed by atoms with van der Waals surface area (Å²) in [5, 5.41) is 11.5. The lowest BCUT2D eigenvalue weighted by atomic mass is 10.5. The Hall–Kier alpha value is -2.16. The molecular weight excluding hydrogens is 234 g/mol. The Bertz CT molecular complexity index is 610. The lowest BCUT2D eigenvalue weighted by molar-refractivity contribution is 0.601. The van der Waals surface area contributed by atoms with Crippen molar-refractivity contribution in [3.63, 3.8) is 0 Å². The highest BCUT2D eigenvalue weighted by Gasteiger charge is 2.15. The molecule has 0 aromatic carbocycles. The number of H-pyrrole nitrogens is 2. The second-order valence-corrected chi connectivity index (χ2v) is 4.53. The second-order valence-electron chi connectivity index (χ2n) is 2.85. The smallest absolute Gasteiger partial charge is 0.266 e. The maximum Gasteiger partial charge on any atom is 0.266 e. The standard InChI is InChI=1S/C7H7N5O3S/c13-7-2-1-6(10-11-7)12-16(14,15)5-3-8-9-4-5/h1-4H,(H,8,9)(H,10,12)(H,11,13). The Kier molecular flexibility index (Phi) is 2.44. The van der Waals surface area contributed by atoms with Crippen LogP contribution in [0.2, 0.25) is 0 Å². The highest BCUT2D eigenvalue weighted by Crippen LogP contribution is 2.10. The number of anilines is 1. The van der Waals surface area contributed by atoms with E-state index in [1.54, 1.807) is 0 Å². The molecule has 2 rings (SSSR count). The highest BCUT2D eigenvalue weighted by molar-refractivity contribution is 7.92. The summed E-state index contributed by atoms with van der Waals surface area (Å²) < 4.78 is 25.5. The van der Waals surface area contributed by atoms with Crippen molar-refractivity contribution in [1.82, 2.24) is 20.4 Å². The normalized spacial score (nSPS) is 11.2. The van der Waals surface area contributed by atoms with E-state index in [1.807, 2.05) is 0 Å². The monoisotopic (exact) mass is 241 g/mol. The Morgan fingerprint density at radius 3 is 2.69 bits per heavy atom. The topological polar surface area (TPSA) is 121 Å². The second kappa shape index (κ2) is 3.77.